The average molecular weight is 411 g/mol. The second kappa shape index (κ2) is 23.7. The van der Waals surface area contributed by atoms with Crippen molar-refractivity contribution in [3.05, 3.63) is 34.9 Å². The zero-order valence-electron chi connectivity index (χ0n) is 16.3. The summed E-state index contributed by atoms with van der Waals surface area (Å²) in [6.45, 7) is 5.14. The van der Waals surface area contributed by atoms with Crippen LogP contribution in [0.25, 0.3) is 0 Å². The Morgan fingerprint density at radius 2 is 0.536 bits per heavy atom. The molecule has 0 unspecified atom stereocenters. The van der Waals surface area contributed by atoms with Crippen molar-refractivity contribution in [2.75, 3.05) is 39.3 Å². The Labute approximate surface area is 166 Å². The highest BCUT2D eigenvalue weighted by molar-refractivity contribution is 4.97. The fraction of sp³-hybridized carbons (Fsp3) is 0.500. The van der Waals surface area contributed by atoms with E-state index in [2.05, 4.69) is 10.6 Å². The Morgan fingerprint density at radius 1 is 0.357 bits per heavy atom. The van der Waals surface area contributed by atoms with Crippen molar-refractivity contribution in [3.63, 3.8) is 0 Å². The first-order valence-electron chi connectivity index (χ1n) is 7.94. The summed E-state index contributed by atoms with van der Waals surface area (Å²) in [5, 5.41) is 6.33. The van der Waals surface area contributed by atoms with E-state index in [1.165, 1.54) is 0 Å². The molecular weight excluding hydrogens is 368 g/mol. The molecular formula is C12H42N16. The van der Waals surface area contributed by atoms with Gasteiger partial charge in [-0.25, -0.2) is 0 Å². The summed E-state index contributed by atoms with van der Waals surface area (Å²) in [6, 6.07) is 0. The molecule has 30 N–H and O–H groups in total. The molecule has 0 rings (SSSR count). The van der Waals surface area contributed by atoms with Gasteiger partial charge in [0.25, 0.3) is 0 Å². The van der Waals surface area contributed by atoms with Crippen LogP contribution in [0.5, 0.6) is 0 Å². The first-order valence-corrected chi connectivity index (χ1v) is 7.94. The predicted octanol–water partition coefficient (Wildman–Crippen LogP) is -8.07. The maximum absolute atomic E-state index is 5.27. The van der Waals surface area contributed by atoms with Crippen LogP contribution >= 0.6 is 0 Å². The van der Waals surface area contributed by atoms with Gasteiger partial charge in [0.05, 0.1) is 0 Å². The second-order valence-corrected chi connectivity index (χ2v) is 4.81. The maximum atomic E-state index is 5.27. The molecule has 170 valence electrons. The summed E-state index contributed by atoms with van der Waals surface area (Å²) in [4.78, 5) is 0. The highest BCUT2D eigenvalue weighted by Crippen LogP contribution is 1.63. The molecule has 0 aliphatic rings. The lowest BCUT2D eigenvalue weighted by Gasteiger charge is -2.03. The van der Waals surface area contributed by atoms with Gasteiger partial charge in [-0.3, -0.25) is 0 Å². The van der Waals surface area contributed by atoms with Crippen molar-refractivity contribution in [1.82, 2.24) is 10.6 Å². The van der Waals surface area contributed by atoms with Gasteiger partial charge in [0.1, 0.15) is 34.9 Å². The van der Waals surface area contributed by atoms with Crippen LogP contribution in [0.4, 0.5) is 0 Å². The molecule has 0 aliphatic carbocycles. The van der Waals surface area contributed by atoms with Crippen molar-refractivity contribution >= 4 is 0 Å². The van der Waals surface area contributed by atoms with E-state index in [9.17, 15) is 0 Å². The van der Waals surface area contributed by atoms with E-state index in [-0.39, 0.29) is 34.9 Å². The molecule has 0 aliphatic heterocycles. The van der Waals surface area contributed by atoms with Gasteiger partial charge in [0.15, 0.2) is 0 Å². The average Bonchev–Trinajstić information content (AvgIpc) is 2.59. The molecule has 0 saturated carbocycles. The Kier molecular flexibility index (Phi) is 27.3. The zero-order valence-corrected chi connectivity index (χ0v) is 16.3. The van der Waals surface area contributed by atoms with Crippen LogP contribution in [0.15, 0.2) is 34.9 Å². The lowest BCUT2D eigenvalue weighted by Crippen LogP contribution is -2.32. The van der Waals surface area contributed by atoms with E-state index in [1.54, 1.807) is 0 Å². The molecule has 0 atom stereocenters. The predicted molar refractivity (Wildman–Crippen MR) is 115 cm³/mol. The van der Waals surface area contributed by atoms with E-state index in [0.717, 1.165) is 26.2 Å². The largest absolute Gasteiger partial charge is 0.383 e. The molecule has 0 fully saturated rings. The topological polar surface area (TPSA) is 388 Å². The van der Waals surface area contributed by atoms with Crippen LogP contribution in [-0.4, -0.2) is 39.3 Å². The van der Waals surface area contributed by atoms with Crippen LogP contribution in [0.1, 0.15) is 0 Å². The minimum atomic E-state index is -0.0185. The summed E-state index contributed by atoms with van der Waals surface area (Å²) < 4.78 is 0. The van der Waals surface area contributed by atoms with Gasteiger partial charge in [-0.05, 0) is 0 Å². The molecule has 0 aromatic heterocycles. The molecule has 0 spiro atoms. The number of nitrogens with one attached hydrogen (secondary N) is 2. The molecule has 0 saturated heterocycles. The lowest BCUT2D eigenvalue weighted by atomic mass is 10.5. The van der Waals surface area contributed by atoms with Crippen LogP contribution in [0, 0.1) is 0 Å². The quantitative estimate of drug-likeness (QED) is 0.173. The molecule has 0 heterocycles. The van der Waals surface area contributed by atoms with E-state index < -0.39 is 0 Å². The Morgan fingerprint density at radius 3 is 0.643 bits per heavy atom. The summed E-state index contributed by atoms with van der Waals surface area (Å²) in [5.41, 5.74) is 68.6. The van der Waals surface area contributed by atoms with Crippen molar-refractivity contribution < 1.29 is 0 Å². The van der Waals surface area contributed by atoms with Crippen LogP contribution in [0.3, 0.4) is 0 Å². The minimum absolute atomic E-state index is 0.0185. The first-order chi connectivity index (χ1) is 12.8. The van der Waals surface area contributed by atoms with Crippen molar-refractivity contribution in [2.24, 2.45) is 80.3 Å². The fourth-order valence-corrected chi connectivity index (χ4v) is 0.631. The van der Waals surface area contributed by atoms with Gasteiger partial charge >= 0.3 is 0 Å². The van der Waals surface area contributed by atoms with E-state index in [4.69, 9.17) is 80.3 Å². The van der Waals surface area contributed by atoms with Gasteiger partial charge in [0, 0.05) is 39.3 Å². The highest BCUT2D eigenvalue weighted by Gasteiger charge is 1.84. The Bertz CT molecular complexity index is 329. The number of nitrogens with two attached hydrogens (primary N) is 14. The van der Waals surface area contributed by atoms with Crippen molar-refractivity contribution in [1.29, 1.82) is 0 Å². The number of rotatable bonds is 7. The third-order valence-electron chi connectivity index (χ3n) is 2.12. The third-order valence-corrected chi connectivity index (χ3v) is 2.12. The molecule has 28 heavy (non-hydrogen) atoms. The smallest absolute Gasteiger partial charge is 0.134 e. The standard InChI is InChI=1S/C6H18N4.3C2H8N4/c7-1-3-9-5-6-10-4-2-8;3*3-1(4)2(5)6/h9-10H,1-8H2;3*3-6H2. The maximum Gasteiger partial charge on any atom is 0.134 e. The summed E-state index contributed by atoms with van der Waals surface area (Å²) in [7, 11) is 0. The number of hydrogen-bond acceptors (Lipinski definition) is 16. The monoisotopic (exact) mass is 410 g/mol. The second-order valence-electron chi connectivity index (χ2n) is 4.81. The molecule has 16 heteroatoms. The number of hydrogen-bond donors (Lipinski definition) is 16. The summed E-state index contributed by atoms with van der Waals surface area (Å²) in [6.07, 6.45) is 0. The molecule has 0 aromatic rings. The van der Waals surface area contributed by atoms with Crippen molar-refractivity contribution in [3.8, 4) is 0 Å². The van der Waals surface area contributed by atoms with Gasteiger partial charge in [-0.15, -0.1) is 0 Å². The van der Waals surface area contributed by atoms with E-state index in [0.29, 0.717) is 13.1 Å². The molecule has 0 aromatic carbocycles. The van der Waals surface area contributed by atoms with E-state index in [1.807, 2.05) is 0 Å². The van der Waals surface area contributed by atoms with Gasteiger partial charge in [0.2, 0.25) is 0 Å². The van der Waals surface area contributed by atoms with Crippen LogP contribution in [0.2, 0.25) is 0 Å². The minimum Gasteiger partial charge on any atom is -0.383 e. The summed E-state index contributed by atoms with van der Waals surface area (Å²) >= 11 is 0. The first kappa shape index (κ1) is 32.3. The van der Waals surface area contributed by atoms with Gasteiger partial charge in [-0.1, -0.05) is 0 Å². The molecule has 0 bridgehead atoms. The van der Waals surface area contributed by atoms with Crippen LogP contribution in [-0.2, 0) is 0 Å². The Hall–Kier alpha value is -3.34. The molecule has 0 radical (unpaired) electrons. The normalized spacial score (nSPS) is 8.36. The van der Waals surface area contributed by atoms with Gasteiger partial charge < -0.3 is 90.9 Å². The third kappa shape index (κ3) is 43.4. The highest BCUT2D eigenvalue weighted by atomic mass is 15.0. The fourth-order valence-electron chi connectivity index (χ4n) is 0.631. The summed E-state index contributed by atoms with van der Waals surface area (Å²) in [5.74, 6) is -0.111. The van der Waals surface area contributed by atoms with Crippen molar-refractivity contribution in [2.45, 2.75) is 0 Å². The van der Waals surface area contributed by atoms with Crippen LogP contribution < -0.4 is 90.9 Å². The molecule has 16 nitrogen and oxygen atoms in total. The zero-order chi connectivity index (χ0) is 23.1. The molecule has 0 amide bonds. The van der Waals surface area contributed by atoms with E-state index >= 15 is 0 Å². The SMILES string of the molecule is NC(N)=C(N)N.NC(N)=C(N)N.NC(N)=C(N)N.NCCNCCNCCN. The van der Waals surface area contributed by atoms with Gasteiger partial charge in [-0.2, -0.15) is 0 Å². The lowest BCUT2D eigenvalue weighted by molar-refractivity contribution is 0.618. The Balaban J connectivity index is -0.000000142.